The van der Waals surface area contributed by atoms with Crippen molar-refractivity contribution in [3.05, 3.63) is 0 Å². The molecule has 21 heavy (non-hydrogen) atoms. The molecule has 0 radical (unpaired) electrons. The summed E-state index contributed by atoms with van der Waals surface area (Å²) in [6, 6.07) is 0.347. The van der Waals surface area contributed by atoms with Crippen molar-refractivity contribution in [2.45, 2.75) is 78.0 Å². The van der Waals surface area contributed by atoms with Crippen molar-refractivity contribution < 1.29 is 4.79 Å². The van der Waals surface area contributed by atoms with Crippen LogP contribution in [0.15, 0.2) is 0 Å². The molecule has 0 aromatic heterocycles. The Morgan fingerprint density at radius 2 is 1.90 bits per heavy atom. The summed E-state index contributed by atoms with van der Waals surface area (Å²) in [5.74, 6) is 0.886. The summed E-state index contributed by atoms with van der Waals surface area (Å²) in [7, 11) is 0. The van der Waals surface area contributed by atoms with E-state index in [0.29, 0.717) is 17.9 Å². The molecule has 2 aliphatic rings. The van der Waals surface area contributed by atoms with E-state index in [1.807, 2.05) is 0 Å². The third-order valence-corrected chi connectivity index (χ3v) is 4.75. The number of nitrogens with one attached hydrogen (secondary N) is 1. The Kier molecular flexibility index (Phi) is 6.06. The van der Waals surface area contributed by atoms with E-state index in [1.165, 1.54) is 25.9 Å². The number of nitrogens with zero attached hydrogens (tertiary/aromatic N) is 2. The zero-order valence-corrected chi connectivity index (χ0v) is 14.3. The molecule has 2 heterocycles. The van der Waals surface area contributed by atoms with Gasteiger partial charge in [-0.15, -0.1) is 0 Å². The summed E-state index contributed by atoms with van der Waals surface area (Å²) in [5.41, 5.74) is 0. The van der Waals surface area contributed by atoms with Crippen molar-refractivity contribution in [1.82, 2.24) is 15.1 Å². The van der Waals surface area contributed by atoms with Gasteiger partial charge in [-0.3, -0.25) is 10.1 Å². The summed E-state index contributed by atoms with van der Waals surface area (Å²) < 4.78 is 0. The third-order valence-electron chi connectivity index (χ3n) is 4.75. The van der Waals surface area contributed by atoms with Gasteiger partial charge in [-0.1, -0.05) is 27.2 Å². The quantitative estimate of drug-likeness (QED) is 0.783. The highest BCUT2D eigenvalue weighted by Crippen LogP contribution is 2.23. The fraction of sp³-hybridized carbons (Fsp3) is 0.941. The lowest BCUT2D eigenvalue weighted by Crippen LogP contribution is -2.48. The second-order valence-corrected chi connectivity index (χ2v) is 7.26. The van der Waals surface area contributed by atoms with Gasteiger partial charge in [-0.2, -0.15) is 0 Å². The van der Waals surface area contributed by atoms with Gasteiger partial charge in [-0.05, 0) is 51.6 Å². The maximum absolute atomic E-state index is 12.8. The molecule has 2 fully saturated rings. The second kappa shape index (κ2) is 7.59. The Morgan fingerprint density at radius 1 is 1.24 bits per heavy atom. The van der Waals surface area contributed by atoms with Gasteiger partial charge in [0.05, 0.1) is 12.2 Å². The number of rotatable bonds is 7. The van der Waals surface area contributed by atoms with Crippen molar-refractivity contribution in [1.29, 1.82) is 0 Å². The minimum absolute atomic E-state index is 0.0302. The van der Waals surface area contributed by atoms with Crippen LogP contribution in [0.25, 0.3) is 0 Å². The predicted octanol–water partition coefficient (Wildman–Crippen LogP) is 2.44. The minimum atomic E-state index is 0.0302. The van der Waals surface area contributed by atoms with E-state index in [-0.39, 0.29) is 12.2 Å². The smallest absolute Gasteiger partial charge is 0.241 e. The van der Waals surface area contributed by atoms with Crippen LogP contribution < -0.4 is 5.32 Å². The molecule has 0 aromatic carbocycles. The molecule has 2 aliphatic heterocycles. The number of hydrogen-bond acceptors (Lipinski definition) is 3. The summed E-state index contributed by atoms with van der Waals surface area (Å²) in [4.78, 5) is 17.4. The van der Waals surface area contributed by atoms with Crippen LogP contribution in [0.2, 0.25) is 0 Å². The lowest BCUT2D eigenvalue weighted by Gasteiger charge is -2.33. The highest BCUT2D eigenvalue weighted by molar-refractivity contribution is 5.84. The molecule has 2 rings (SSSR count). The number of amides is 1. The first-order chi connectivity index (χ1) is 10.0. The fourth-order valence-electron chi connectivity index (χ4n) is 3.80. The molecule has 3 unspecified atom stereocenters. The summed E-state index contributed by atoms with van der Waals surface area (Å²) >= 11 is 0. The van der Waals surface area contributed by atoms with Gasteiger partial charge >= 0.3 is 0 Å². The Hall–Kier alpha value is -0.610. The Balaban J connectivity index is 2.00. The van der Waals surface area contributed by atoms with Gasteiger partial charge in [0.15, 0.2) is 0 Å². The molecule has 1 amide bonds. The first-order valence-corrected chi connectivity index (χ1v) is 8.83. The molecule has 0 bridgehead atoms. The predicted molar refractivity (Wildman–Crippen MR) is 87.1 cm³/mol. The van der Waals surface area contributed by atoms with Gasteiger partial charge in [0.1, 0.15) is 0 Å². The molecule has 4 nitrogen and oxygen atoms in total. The summed E-state index contributed by atoms with van der Waals surface area (Å²) in [6.45, 7) is 12.2. The molecule has 0 saturated carbocycles. The first kappa shape index (κ1) is 16.8. The van der Waals surface area contributed by atoms with Crippen LogP contribution in [0.1, 0.15) is 59.8 Å². The maximum atomic E-state index is 12.8. The fourth-order valence-corrected chi connectivity index (χ4v) is 3.80. The van der Waals surface area contributed by atoms with E-state index in [1.54, 1.807) is 0 Å². The van der Waals surface area contributed by atoms with Crippen molar-refractivity contribution in [3.8, 4) is 0 Å². The molecule has 0 spiro atoms. The molecule has 0 aliphatic carbocycles. The number of likely N-dealkylation sites (tertiary alicyclic amines) is 1. The molecular formula is C17H33N3O. The Bertz CT molecular complexity index is 339. The highest BCUT2D eigenvalue weighted by atomic mass is 16.2. The van der Waals surface area contributed by atoms with Crippen LogP contribution in [-0.2, 0) is 4.79 Å². The summed E-state index contributed by atoms with van der Waals surface area (Å²) in [5, 5.41) is 3.59. The average molecular weight is 295 g/mol. The van der Waals surface area contributed by atoms with Crippen LogP contribution in [0.4, 0.5) is 0 Å². The van der Waals surface area contributed by atoms with Crippen LogP contribution in [0.5, 0.6) is 0 Å². The largest absolute Gasteiger partial charge is 0.322 e. The van der Waals surface area contributed by atoms with E-state index >= 15 is 0 Å². The summed E-state index contributed by atoms with van der Waals surface area (Å²) in [6.07, 6.45) is 5.99. The van der Waals surface area contributed by atoms with Gasteiger partial charge in [-0.25, -0.2) is 0 Å². The minimum Gasteiger partial charge on any atom is -0.322 e. The SMILES string of the molecule is CCCC1NC(CC(C)C)C(=O)N1C(C)CN1CCCC1. The van der Waals surface area contributed by atoms with E-state index in [2.05, 4.69) is 42.8 Å². The zero-order chi connectivity index (χ0) is 15.4. The third kappa shape index (κ3) is 4.19. The van der Waals surface area contributed by atoms with Crippen LogP contribution in [0.3, 0.4) is 0 Å². The van der Waals surface area contributed by atoms with Crippen molar-refractivity contribution in [2.75, 3.05) is 19.6 Å². The van der Waals surface area contributed by atoms with E-state index in [4.69, 9.17) is 0 Å². The monoisotopic (exact) mass is 295 g/mol. The van der Waals surface area contributed by atoms with E-state index in [0.717, 1.165) is 25.8 Å². The van der Waals surface area contributed by atoms with Gasteiger partial charge < -0.3 is 9.80 Å². The normalized spacial score (nSPS) is 28.8. The van der Waals surface area contributed by atoms with Crippen LogP contribution in [0, 0.1) is 5.92 Å². The molecule has 4 heteroatoms. The van der Waals surface area contributed by atoms with Crippen molar-refractivity contribution >= 4 is 5.91 Å². The Labute approximate surface area is 130 Å². The molecule has 2 saturated heterocycles. The van der Waals surface area contributed by atoms with Crippen LogP contribution >= 0.6 is 0 Å². The maximum Gasteiger partial charge on any atom is 0.241 e. The van der Waals surface area contributed by atoms with Gasteiger partial charge in [0.2, 0.25) is 5.91 Å². The average Bonchev–Trinajstić information content (AvgIpc) is 2.99. The molecular weight excluding hydrogens is 262 g/mol. The lowest BCUT2D eigenvalue weighted by molar-refractivity contribution is -0.132. The Morgan fingerprint density at radius 3 is 2.48 bits per heavy atom. The van der Waals surface area contributed by atoms with E-state index in [9.17, 15) is 4.79 Å². The second-order valence-electron chi connectivity index (χ2n) is 7.26. The molecule has 3 atom stereocenters. The standard InChI is InChI=1S/C17H33N3O/c1-5-8-16-18-15(11-13(2)3)17(21)20(16)14(4)12-19-9-6-7-10-19/h13-16,18H,5-12H2,1-4H3. The number of hydrogen-bond donors (Lipinski definition) is 1. The van der Waals surface area contributed by atoms with Crippen molar-refractivity contribution in [2.24, 2.45) is 5.92 Å². The highest BCUT2D eigenvalue weighted by Gasteiger charge is 2.41. The zero-order valence-electron chi connectivity index (χ0n) is 14.3. The molecule has 122 valence electrons. The van der Waals surface area contributed by atoms with Crippen molar-refractivity contribution in [3.63, 3.8) is 0 Å². The molecule has 1 N–H and O–H groups in total. The van der Waals surface area contributed by atoms with Gasteiger partial charge in [0, 0.05) is 12.6 Å². The van der Waals surface area contributed by atoms with Gasteiger partial charge in [0.25, 0.3) is 0 Å². The molecule has 0 aromatic rings. The first-order valence-electron chi connectivity index (χ1n) is 8.83. The topological polar surface area (TPSA) is 35.6 Å². The van der Waals surface area contributed by atoms with E-state index < -0.39 is 0 Å². The lowest BCUT2D eigenvalue weighted by atomic mass is 10.0. The van der Waals surface area contributed by atoms with Crippen LogP contribution in [-0.4, -0.2) is 53.6 Å². The number of carbonyl (C=O) groups excluding carboxylic acids is 1. The number of carbonyl (C=O) groups is 1.